The number of para-hydroxylation sites is 1. The summed E-state index contributed by atoms with van der Waals surface area (Å²) in [4.78, 5) is 15.9. The molecule has 0 aliphatic rings. The van der Waals surface area contributed by atoms with Gasteiger partial charge in [-0.2, -0.15) is 0 Å². The molecule has 2 aromatic carbocycles. The monoisotopic (exact) mass is 237 g/mol. The van der Waals surface area contributed by atoms with Gasteiger partial charge in [-0.25, -0.2) is 0 Å². The Morgan fingerprint density at radius 3 is 2.33 bits per heavy atom. The topological polar surface area (TPSA) is 32.9 Å². The molecule has 2 nitrogen and oxygen atoms in total. The lowest BCUT2D eigenvalue weighted by molar-refractivity contribution is 1.32. The van der Waals surface area contributed by atoms with Crippen molar-refractivity contribution >= 4 is 21.8 Å². The minimum atomic E-state index is 0.116. The molecule has 0 saturated carbocycles. The highest BCUT2D eigenvalue weighted by molar-refractivity contribution is 5.95. The van der Waals surface area contributed by atoms with Gasteiger partial charge in [0.05, 0.1) is 11.0 Å². The number of rotatable bonds is 0. The Morgan fingerprint density at radius 1 is 0.833 bits per heavy atom. The summed E-state index contributed by atoms with van der Waals surface area (Å²) in [5.74, 6) is 0. The Kier molecular flexibility index (Phi) is 2.27. The highest BCUT2D eigenvalue weighted by atomic mass is 16.1. The van der Waals surface area contributed by atoms with Crippen molar-refractivity contribution in [3.8, 4) is 0 Å². The van der Waals surface area contributed by atoms with Crippen molar-refractivity contribution < 1.29 is 0 Å². The molecule has 0 radical (unpaired) electrons. The minimum absolute atomic E-state index is 0.116. The largest absolute Gasteiger partial charge is 0.354 e. The molecule has 0 atom stereocenters. The fourth-order valence-corrected chi connectivity index (χ4v) is 2.46. The SMILES string of the molecule is Cc1ccc2c(=O)c3cccc(C)c3[nH]c2c1C. The Labute approximate surface area is 105 Å². The van der Waals surface area contributed by atoms with Crippen LogP contribution in [0.15, 0.2) is 35.1 Å². The zero-order valence-electron chi connectivity index (χ0n) is 10.8. The molecule has 1 aromatic heterocycles. The highest BCUT2D eigenvalue weighted by Crippen LogP contribution is 2.21. The van der Waals surface area contributed by atoms with Crippen molar-refractivity contribution in [3.63, 3.8) is 0 Å². The molecule has 1 N–H and O–H groups in total. The fraction of sp³-hybridized carbons (Fsp3) is 0.188. The van der Waals surface area contributed by atoms with Crippen LogP contribution in [0.4, 0.5) is 0 Å². The Hall–Kier alpha value is -2.09. The first kappa shape index (κ1) is 11.0. The van der Waals surface area contributed by atoms with Gasteiger partial charge in [0.15, 0.2) is 5.43 Å². The number of aromatic nitrogens is 1. The third-order valence-corrected chi connectivity index (χ3v) is 3.75. The third-order valence-electron chi connectivity index (χ3n) is 3.75. The number of aromatic amines is 1. The van der Waals surface area contributed by atoms with Gasteiger partial charge in [-0.05, 0) is 49.6 Å². The van der Waals surface area contributed by atoms with Gasteiger partial charge in [0.2, 0.25) is 0 Å². The predicted molar refractivity (Wildman–Crippen MR) is 76.3 cm³/mol. The molecule has 1 heterocycles. The molecule has 2 heteroatoms. The average molecular weight is 237 g/mol. The van der Waals surface area contributed by atoms with Gasteiger partial charge >= 0.3 is 0 Å². The van der Waals surface area contributed by atoms with Gasteiger partial charge in [-0.1, -0.05) is 18.2 Å². The van der Waals surface area contributed by atoms with E-state index in [0.717, 1.165) is 32.9 Å². The molecule has 0 bridgehead atoms. The van der Waals surface area contributed by atoms with E-state index in [2.05, 4.69) is 18.8 Å². The van der Waals surface area contributed by atoms with Crippen LogP contribution in [0.2, 0.25) is 0 Å². The maximum Gasteiger partial charge on any atom is 0.197 e. The van der Waals surface area contributed by atoms with E-state index in [4.69, 9.17) is 0 Å². The van der Waals surface area contributed by atoms with Crippen molar-refractivity contribution in [2.45, 2.75) is 20.8 Å². The molecule has 0 aliphatic carbocycles. The van der Waals surface area contributed by atoms with Crippen LogP contribution >= 0.6 is 0 Å². The molecule has 18 heavy (non-hydrogen) atoms. The van der Waals surface area contributed by atoms with Crippen LogP contribution in [0.1, 0.15) is 16.7 Å². The van der Waals surface area contributed by atoms with Crippen molar-refractivity contribution in [1.29, 1.82) is 0 Å². The van der Waals surface area contributed by atoms with Crippen LogP contribution in [0, 0.1) is 20.8 Å². The molecular formula is C16H15NO. The Morgan fingerprint density at radius 2 is 1.56 bits per heavy atom. The van der Waals surface area contributed by atoms with E-state index in [1.54, 1.807) is 0 Å². The summed E-state index contributed by atoms with van der Waals surface area (Å²) >= 11 is 0. The van der Waals surface area contributed by atoms with Gasteiger partial charge in [-0.15, -0.1) is 0 Å². The third kappa shape index (κ3) is 1.39. The number of nitrogens with one attached hydrogen (secondary N) is 1. The van der Waals surface area contributed by atoms with Gasteiger partial charge in [0, 0.05) is 10.8 Å². The van der Waals surface area contributed by atoms with Crippen molar-refractivity contribution in [2.24, 2.45) is 0 Å². The van der Waals surface area contributed by atoms with Crippen LogP contribution in [-0.2, 0) is 0 Å². The molecule has 0 fully saturated rings. The lowest BCUT2D eigenvalue weighted by Gasteiger charge is -2.09. The normalized spacial score (nSPS) is 11.3. The van der Waals surface area contributed by atoms with Gasteiger partial charge in [-0.3, -0.25) is 4.79 Å². The molecule has 3 rings (SSSR count). The van der Waals surface area contributed by atoms with Crippen molar-refractivity contribution in [3.05, 3.63) is 57.2 Å². The maximum atomic E-state index is 12.5. The number of fused-ring (bicyclic) bond motifs is 2. The summed E-state index contributed by atoms with van der Waals surface area (Å²) in [5, 5.41) is 1.54. The second kappa shape index (κ2) is 3.70. The van der Waals surface area contributed by atoms with Crippen molar-refractivity contribution in [2.75, 3.05) is 0 Å². The summed E-state index contributed by atoms with van der Waals surface area (Å²) in [6, 6.07) is 9.76. The minimum Gasteiger partial charge on any atom is -0.354 e. The number of pyridine rings is 1. The molecule has 0 spiro atoms. The number of H-pyrrole nitrogens is 1. The molecular weight excluding hydrogens is 222 g/mol. The molecule has 90 valence electrons. The molecule has 0 unspecified atom stereocenters. The number of benzene rings is 2. The second-order valence-corrected chi connectivity index (χ2v) is 4.88. The number of hydrogen-bond donors (Lipinski definition) is 1. The zero-order valence-corrected chi connectivity index (χ0v) is 10.8. The van der Waals surface area contributed by atoms with E-state index in [0.29, 0.717) is 0 Å². The van der Waals surface area contributed by atoms with Gasteiger partial charge in [0.25, 0.3) is 0 Å². The quantitative estimate of drug-likeness (QED) is 0.595. The van der Waals surface area contributed by atoms with E-state index < -0.39 is 0 Å². The molecule has 0 amide bonds. The second-order valence-electron chi connectivity index (χ2n) is 4.88. The average Bonchev–Trinajstić information content (AvgIpc) is 2.36. The first-order valence-corrected chi connectivity index (χ1v) is 6.11. The first-order chi connectivity index (χ1) is 8.59. The predicted octanol–water partition coefficient (Wildman–Crippen LogP) is 3.61. The molecule has 0 saturated heterocycles. The summed E-state index contributed by atoms with van der Waals surface area (Å²) in [6.45, 7) is 6.14. The van der Waals surface area contributed by atoms with E-state index >= 15 is 0 Å². The van der Waals surface area contributed by atoms with E-state index in [-0.39, 0.29) is 5.43 Å². The summed E-state index contributed by atoms with van der Waals surface area (Å²) in [6.07, 6.45) is 0. The number of aryl methyl sites for hydroxylation is 3. The van der Waals surface area contributed by atoms with Gasteiger partial charge in [0.1, 0.15) is 0 Å². The van der Waals surface area contributed by atoms with Gasteiger partial charge < -0.3 is 4.98 Å². The Bertz CT molecular complexity index is 828. The van der Waals surface area contributed by atoms with E-state index in [1.165, 1.54) is 5.56 Å². The Balaban J connectivity index is 2.66. The first-order valence-electron chi connectivity index (χ1n) is 6.11. The summed E-state index contributed by atoms with van der Waals surface area (Å²) in [5.41, 5.74) is 5.48. The smallest absolute Gasteiger partial charge is 0.197 e. The van der Waals surface area contributed by atoms with E-state index in [1.807, 2.05) is 37.3 Å². The summed E-state index contributed by atoms with van der Waals surface area (Å²) in [7, 11) is 0. The van der Waals surface area contributed by atoms with Crippen LogP contribution < -0.4 is 5.43 Å². The molecule has 3 aromatic rings. The van der Waals surface area contributed by atoms with Crippen LogP contribution in [-0.4, -0.2) is 4.98 Å². The van der Waals surface area contributed by atoms with Crippen LogP contribution in [0.5, 0.6) is 0 Å². The van der Waals surface area contributed by atoms with E-state index in [9.17, 15) is 4.79 Å². The van der Waals surface area contributed by atoms with Crippen LogP contribution in [0.3, 0.4) is 0 Å². The standard InChI is InChI=1S/C16H15NO/c1-9-7-8-13-15(11(9)3)17-14-10(2)5-4-6-12(14)16(13)18/h4-8H,1-3H3,(H,17,18). The highest BCUT2D eigenvalue weighted by Gasteiger charge is 2.09. The maximum absolute atomic E-state index is 12.5. The number of hydrogen-bond acceptors (Lipinski definition) is 1. The fourth-order valence-electron chi connectivity index (χ4n) is 2.46. The van der Waals surface area contributed by atoms with Crippen LogP contribution in [0.25, 0.3) is 21.8 Å². The molecule has 0 aliphatic heterocycles. The lowest BCUT2D eigenvalue weighted by atomic mass is 10.0. The summed E-state index contributed by atoms with van der Waals surface area (Å²) < 4.78 is 0. The van der Waals surface area contributed by atoms with Crippen molar-refractivity contribution in [1.82, 2.24) is 4.98 Å². The lowest BCUT2D eigenvalue weighted by Crippen LogP contribution is -2.06. The zero-order chi connectivity index (χ0) is 12.9.